The highest BCUT2D eigenvalue weighted by Crippen LogP contribution is 2.28. The first kappa shape index (κ1) is 17.6. The molecule has 0 fully saturated rings. The Morgan fingerprint density at radius 1 is 1.40 bits per heavy atom. The molecule has 0 spiro atoms. The Balaban J connectivity index is 1.88. The van der Waals surface area contributed by atoms with E-state index >= 15 is 0 Å². The summed E-state index contributed by atoms with van der Waals surface area (Å²) in [5.41, 5.74) is 0.567. The van der Waals surface area contributed by atoms with Gasteiger partial charge < -0.3 is 10.6 Å². The Morgan fingerprint density at radius 3 is 2.88 bits per heavy atom. The first-order valence-electron chi connectivity index (χ1n) is 8.55. The van der Waals surface area contributed by atoms with Crippen molar-refractivity contribution in [2.45, 2.75) is 52.6 Å². The van der Waals surface area contributed by atoms with Crippen LogP contribution >= 0.6 is 11.3 Å². The number of nitrogens with one attached hydrogen (secondary N) is 2. The second-order valence-electron chi connectivity index (χ2n) is 6.31. The summed E-state index contributed by atoms with van der Waals surface area (Å²) in [6.45, 7) is 6.64. The van der Waals surface area contributed by atoms with Crippen molar-refractivity contribution in [1.82, 2.24) is 20.2 Å². The molecule has 1 atom stereocenters. The number of nitrogens with zero attached hydrogens (tertiary/aromatic N) is 2. The minimum Gasteiger partial charge on any atom is -0.354 e. The molecule has 0 aromatic carbocycles. The molecule has 25 heavy (non-hydrogen) atoms. The molecule has 0 saturated carbocycles. The molecule has 2 N–H and O–H groups in total. The summed E-state index contributed by atoms with van der Waals surface area (Å²) >= 11 is 1.22. The van der Waals surface area contributed by atoms with Gasteiger partial charge in [-0.15, -0.1) is 11.3 Å². The van der Waals surface area contributed by atoms with Crippen molar-refractivity contribution in [2.75, 3.05) is 6.54 Å². The molecule has 0 radical (unpaired) electrons. The molecular formula is C17H22N4O3S. The van der Waals surface area contributed by atoms with Crippen LogP contribution in [0.3, 0.4) is 0 Å². The summed E-state index contributed by atoms with van der Waals surface area (Å²) in [6, 6.07) is -0.636. The van der Waals surface area contributed by atoms with Gasteiger partial charge in [-0.25, -0.2) is 4.98 Å². The Labute approximate surface area is 149 Å². The predicted molar refractivity (Wildman–Crippen MR) is 97.2 cm³/mol. The highest BCUT2D eigenvalue weighted by atomic mass is 32.1. The lowest BCUT2D eigenvalue weighted by Crippen LogP contribution is -2.44. The summed E-state index contributed by atoms with van der Waals surface area (Å²) in [7, 11) is 0. The molecule has 3 rings (SSSR count). The lowest BCUT2D eigenvalue weighted by atomic mass is 10.2. The molecule has 0 unspecified atom stereocenters. The van der Waals surface area contributed by atoms with Gasteiger partial charge in [0.1, 0.15) is 16.7 Å². The van der Waals surface area contributed by atoms with E-state index in [1.165, 1.54) is 11.3 Å². The van der Waals surface area contributed by atoms with E-state index in [4.69, 9.17) is 0 Å². The van der Waals surface area contributed by atoms with E-state index in [9.17, 15) is 14.4 Å². The van der Waals surface area contributed by atoms with Crippen molar-refractivity contribution in [1.29, 1.82) is 0 Å². The highest BCUT2D eigenvalue weighted by molar-refractivity contribution is 7.20. The Hall–Kier alpha value is -2.22. The lowest BCUT2D eigenvalue weighted by Gasteiger charge is -2.13. The molecule has 1 aliphatic heterocycles. The van der Waals surface area contributed by atoms with Crippen LogP contribution < -0.4 is 16.2 Å². The maximum absolute atomic E-state index is 12.7. The first-order valence-corrected chi connectivity index (χ1v) is 9.37. The smallest absolute Gasteiger partial charge is 0.262 e. The fourth-order valence-corrected chi connectivity index (χ4v) is 4.11. The van der Waals surface area contributed by atoms with Gasteiger partial charge in [-0.05, 0) is 32.3 Å². The van der Waals surface area contributed by atoms with E-state index < -0.39 is 6.04 Å². The van der Waals surface area contributed by atoms with Gasteiger partial charge in [0.2, 0.25) is 5.91 Å². The van der Waals surface area contributed by atoms with Gasteiger partial charge in [0.05, 0.1) is 10.3 Å². The molecule has 134 valence electrons. The Morgan fingerprint density at radius 2 is 2.16 bits per heavy atom. The highest BCUT2D eigenvalue weighted by Gasteiger charge is 2.24. The van der Waals surface area contributed by atoms with Crippen LogP contribution in [-0.2, 0) is 17.8 Å². The summed E-state index contributed by atoms with van der Waals surface area (Å²) in [4.78, 5) is 42.8. The maximum atomic E-state index is 12.7. The van der Waals surface area contributed by atoms with Crippen molar-refractivity contribution in [3.63, 3.8) is 0 Å². The number of aromatic nitrogens is 2. The second-order valence-corrected chi connectivity index (χ2v) is 7.31. The van der Waals surface area contributed by atoms with E-state index in [2.05, 4.69) is 15.6 Å². The molecule has 3 heterocycles. The molecule has 0 saturated heterocycles. The number of aryl methyl sites for hydroxylation is 2. The zero-order valence-electron chi connectivity index (χ0n) is 14.6. The van der Waals surface area contributed by atoms with Crippen LogP contribution in [0.4, 0.5) is 0 Å². The molecule has 7 nitrogen and oxygen atoms in total. The van der Waals surface area contributed by atoms with Crippen molar-refractivity contribution in [2.24, 2.45) is 0 Å². The van der Waals surface area contributed by atoms with Gasteiger partial charge in [-0.2, -0.15) is 0 Å². The van der Waals surface area contributed by atoms with E-state index in [-0.39, 0.29) is 17.4 Å². The molecule has 2 aromatic rings. The van der Waals surface area contributed by atoms with Crippen LogP contribution in [0.1, 0.15) is 47.7 Å². The Kier molecular flexibility index (Phi) is 4.89. The number of hydrogen-bond donors (Lipinski definition) is 2. The topological polar surface area (TPSA) is 93.1 Å². The van der Waals surface area contributed by atoms with E-state index in [1.807, 2.05) is 6.92 Å². The number of fused-ring (bicyclic) bond motifs is 2. The van der Waals surface area contributed by atoms with Crippen LogP contribution in [-0.4, -0.2) is 34.0 Å². The van der Waals surface area contributed by atoms with Gasteiger partial charge in [0.25, 0.3) is 11.5 Å². The van der Waals surface area contributed by atoms with Crippen LogP contribution in [0.2, 0.25) is 0 Å². The second kappa shape index (κ2) is 6.95. The molecule has 2 aromatic heterocycles. The minimum atomic E-state index is -0.636. The first-order chi connectivity index (χ1) is 11.9. The molecule has 0 bridgehead atoms. The molecule has 0 aliphatic carbocycles. The molecule has 2 amide bonds. The molecule has 8 heteroatoms. The third-order valence-corrected chi connectivity index (χ3v) is 5.59. The maximum Gasteiger partial charge on any atom is 0.262 e. The van der Waals surface area contributed by atoms with Gasteiger partial charge >= 0.3 is 0 Å². The average Bonchev–Trinajstić information content (AvgIpc) is 3.17. The molecular weight excluding hydrogens is 340 g/mol. The standard InChI is InChI=1S/C17H22N4O3S/c1-4-7-18-14(22)10(3)19-15(23)13-9(2)12-16(25-13)20-11-6-5-8-21(11)17(12)24/h10H,4-8H2,1-3H3,(H,18,22)(H,19,23)/t10-/m0/s1. The minimum absolute atomic E-state index is 0.0703. The zero-order chi connectivity index (χ0) is 18.1. The fraction of sp³-hybridized carbons (Fsp3) is 0.529. The van der Waals surface area contributed by atoms with Gasteiger partial charge in [-0.3, -0.25) is 19.0 Å². The summed E-state index contributed by atoms with van der Waals surface area (Å²) in [5, 5.41) is 5.98. The summed E-state index contributed by atoms with van der Waals surface area (Å²) in [6.07, 6.45) is 2.55. The third-order valence-electron chi connectivity index (χ3n) is 4.41. The van der Waals surface area contributed by atoms with E-state index in [0.717, 1.165) is 25.1 Å². The van der Waals surface area contributed by atoms with Gasteiger partial charge in [0, 0.05) is 19.5 Å². The summed E-state index contributed by atoms with van der Waals surface area (Å²) < 4.78 is 1.70. The van der Waals surface area contributed by atoms with Crippen LogP contribution in [0, 0.1) is 6.92 Å². The number of carbonyl (C=O) groups is 2. The van der Waals surface area contributed by atoms with Crippen molar-refractivity contribution in [3.05, 3.63) is 26.6 Å². The van der Waals surface area contributed by atoms with Crippen LogP contribution in [0.15, 0.2) is 4.79 Å². The van der Waals surface area contributed by atoms with E-state index in [0.29, 0.717) is 33.7 Å². The van der Waals surface area contributed by atoms with Crippen LogP contribution in [0.25, 0.3) is 10.2 Å². The number of hydrogen-bond acceptors (Lipinski definition) is 5. The zero-order valence-corrected chi connectivity index (χ0v) is 15.5. The molecule has 1 aliphatic rings. The van der Waals surface area contributed by atoms with Crippen LogP contribution in [0.5, 0.6) is 0 Å². The average molecular weight is 362 g/mol. The van der Waals surface area contributed by atoms with Gasteiger partial charge in [0.15, 0.2) is 0 Å². The number of rotatable bonds is 5. The lowest BCUT2D eigenvalue weighted by molar-refractivity contribution is -0.122. The predicted octanol–water partition coefficient (Wildman–Crippen LogP) is 1.36. The van der Waals surface area contributed by atoms with E-state index in [1.54, 1.807) is 18.4 Å². The number of thiophene rings is 1. The Bertz CT molecular complexity index is 899. The fourth-order valence-electron chi connectivity index (χ4n) is 3.02. The quantitative estimate of drug-likeness (QED) is 0.840. The van der Waals surface area contributed by atoms with Crippen molar-refractivity contribution in [3.8, 4) is 0 Å². The van der Waals surface area contributed by atoms with Crippen molar-refractivity contribution >= 4 is 33.4 Å². The number of amides is 2. The number of carbonyl (C=O) groups excluding carboxylic acids is 2. The van der Waals surface area contributed by atoms with Crippen molar-refractivity contribution < 1.29 is 9.59 Å². The summed E-state index contributed by atoms with van der Waals surface area (Å²) in [5.74, 6) is 0.230. The SMILES string of the molecule is CCCNC(=O)[C@H](C)NC(=O)c1sc2nc3n(c(=O)c2c1C)CCC3. The monoisotopic (exact) mass is 362 g/mol. The third kappa shape index (κ3) is 3.18. The normalized spacial score (nSPS) is 14.4. The van der Waals surface area contributed by atoms with Gasteiger partial charge in [-0.1, -0.05) is 6.92 Å². The largest absolute Gasteiger partial charge is 0.354 e.